The Hall–Kier alpha value is -0.120. The third-order valence-corrected chi connectivity index (χ3v) is 3.10. The van der Waals surface area contributed by atoms with Crippen LogP contribution in [0.15, 0.2) is 0 Å². The lowest BCUT2D eigenvalue weighted by molar-refractivity contribution is 0.0564. The third kappa shape index (κ3) is 11.0. The highest BCUT2D eigenvalue weighted by atomic mass is 16.5. The average molecular weight is 258 g/mol. The van der Waals surface area contributed by atoms with Crippen LogP contribution in [0.25, 0.3) is 0 Å². The molecule has 0 aliphatic heterocycles. The summed E-state index contributed by atoms with van der Waals surface area (Å²) in [5.74, 6) is 0. The second-order valence-electron chi connectivity index (χ2n) is 6.57. The topological polar surface area (TPSA) is 24.5 Å². The Kier molecular flexibility index (Phi) is 8.83. The smallest absolute Gasteiger partial charge is 0.0596 e. The molecular weight excluding hydrogens is 224 g/mol. The number of rotatable bonds is 9. The molecule has 0 saturated carbocycles. The lowest BCUT2D eigenvalue weighted by atomic mass is 10.1. The molecule has 0 amide bonds. The summed E-state index contributed by atoms with van der Waals surface area (Å²) < 4.78 is 5.58. The van der Waals surface area contributed by atoms with E-state index in [-0.39, 0.29) is 5.54 Å². The van der Waals surface area contributed by atoms with E-state index in [1.54, 1.807) is 0 Å². The summed E-state index contributed by atoms with van der Waals surface area (Å²) in [7, 11) is 2.19. The molecule has 0 aliphatic carbocycles. The van der Waals surface area contributed by atoms with Gasteiger partial charge in [-0.25, -0.2) is 0 Å². The van der Waals surface area contributed by atoms with Gasteiger partial charge in [-0.3, -0.25) is 0 Å². The summed E-state index contributed by atoms with van der Waals surface area (Å²) in [6.45, 7) is 16.1. The standard InChI is InChI=1S/C15H34N2O/c1-13(2)18-12-11-17(7)14(3)9-8-10-16-15(4,5)6/h13-14,16H,8-12H2,1-7H3. The molecular formula is C15H34N2O. The first-order valence-corrected chi connectivity index (χ1v) is 7.29. The number of hydrogen-bond donors (Lipinski definition) is 1. The van der Waals surface area contributed by atoms with Crippen LogP contribution in [0.4, 0.5) is 0 Å². The second kappa shape index (κ2) is 8.89. The number of nitrogens with one attached hydrogen (secondary N) is 1. The Morgan fingerprint density at radius 3 is 2.28 bits per heavy atom. The Labute approximate surface area is 114 Å². The molecule has 3 nitrogen and oxygen atoms in total. The van der Waals surface area contributed by atoms with Crippen molar-refractivity contribution in [3.63, 3.8) is 0 Å². The van der Waals surface area contributed by atoms with Gasteiger partial charge in [-0.05, 0) is 68.0 Å². The molecule has 0 fully saturated rings. The molecule has 0 aromatic heterocycles. The van der Waals surface area contributed by atoms with Crippen LogP contribution in [0.5, 0.6) is 0 Å². The lowest BCUT2D eigenvalue weighted by Crippen LogP contribution is -2.37. The summed E-state index contributed by atoms with van der Waals surface area (Å²) in [6.07, 6.45) is 2.81. The van der Waals surface area contributed by atoms with Crippen molar-refractivity contribution in [2.75, 3.05) is 26.7 Å². The maximum Gasteiger partial charge on any atom is 0.0596 e. The second-order valence-corrected chi connectivity index (χ2v) is 6.57. The molecule has 0 radical (unpaired) electrons. The van der Waals surface area contributed by atoms with E-state index in [1.165, 1.54) is 12.8 Å². The average Bonchev–Trinajstić information content (AvgIpc) is 2.22. The first-order chi connectivity index (χ1) is 8.22. The van der Waals surface area contributed by atoms with Gasteiger partial charge in [0.05, 0.1) is 12.7 Å². The predicted molar refractivity (Wildman–Crippen MR) is 80.2 cm³/mol. The molecule has 110 valence electrons. The van der Waals surface area contributed by atoms with Crippen molar-refractivity contribution >= 4 is 0 Å². The molecule has 1 unspecified atom stereocenters. The molecule has 0 rings (SSSR count). The maximum absolute atomic E-state index is 5.58. The van der Waals surface area contributed by atoms with Crippen LogP contribution in [0, 0.1) is 0 Å². The first-order valence-electron chi connectivity index (χ1n) is 7.29. The minimum Gasteiger partial charge on any atom is -0.377 e. The molecule has 0 spiro atoms. The monoisotopic (exact) mass is 258 g/mol. The van der Waals surface area contributed by atoms with Gasteiger partial charge >= 0.3 is 0 Å². The molecule has 0 saturated heterocycles. The highest BCUT2D eigenvalue weighted by molar-refractivity contribution is 4.71. The van der Waals surface area contributed by atoms with Crippen molar-refractivity contribution in [2.45, 2.75) is 72.1 Å². The molecule has 0 aliphatic rings. The Morgan fingerprint density at radius 1 is 1.17 bits per heavy atom. The summed E-state index contributed by atoms with van der Waals surface area (Å²) in [5, 5.41) is 3.53. The van der Waals surface area contributed by atoms with E-state index in [9.17, 15) is 0 Å². The van der Waals surface area contributed by atoms with Gasteiger partial charge in [-0.2, -0.15) is 0 Å². The summed E-state index contributed by atoms with van der Waals surface area (Å²) >= 11 is 0. The summed E-state index contributed by atoms with van der Waals surface area (Å²) in [4.78, 5) is 2.39. The van der Waals surface area contributed by atoms with Crippen LogP contribution in [0.3, 0.4) is 0 Å². The van der Waals surface area contributed by atoms with Crippen molar-refractivity contribution in [1.82, 2.24) is 10.2 Å². The molecule has 3 heteroatoms. The fourth-order valence-electron chi connectivity index (χ4n) is 1.73. The Morgan fingerprint density at radius 2 is 1.78 bits per heavy atom. The van der Waals surface area contributed by atoms with Gasteiger partial charge in [0.15, 0.2) is 0 Å². The van der Waals surface area contributed by atoms with E-state index < -0.39 is 0 Å². The van der Waals surface area contributed by atoms with Crippen LogP contribution < -0.4 is 5.32 Å². The van der Waals surface area contributed by atoms with Gasteiger partial charge in [-0.1, -0.05) is 0 Å². The Bertz CT molecular complexity index is 199. The highest BCUT2D eigenvalue weighted by Gasteiger charge is 2.11. The normalized spacial score (nSPS) is 14.5. The lowest BCUT2D eigenvalue weighted by Gasteiger charge is -2.26. The van der Waals surface area contributed by atoms with Crippen molar-refractivity contribution in [1.29, 1.82) is 0 Å². The van der Waals surface area contributed by atoms with Gasteiger partial charge < -0.3 is 15.0 Å². The molecule has 1 atom stereocenters. The summed E-state index contributed by atoms with van der Waals surface area (Å²) in [5.41, 5.74) is 0.236. The fraction of sp³-hybridized carbons (Fsp3) is 1.00. The van der Waals surface area contributed by atoms with Gasteiger partial charge in [0.1, 0.15) is 0 Å². The molecule has 0 aromatic carbocycles. The predicted octanol–water partition coefficient (Wildman–Crippen LogP) is 2.90. The van der Waals surface area contributed by atoms with Crippen molar-refractivity contribution < 1.29 is 4.74 Å². The summed E-state index contributed by atoms with van der Waals surface area (Å²) in [6, 6.07) is 0.627. The first kappa shape index (κ1) is 17.9. The van der Waals surface area contributed by atoms with Crippen molar-refractivity contribution in [3.8, 4) is 0 Å². The van der Waals surface area contributed by atoms with Crippen LogP contribution in [0.1, 0.15) is 54.4 Å². The minimum absolute atomic E-state index is 0.236. The fourth-order valence-corrected chi connectivity index (χ4v) is 1.73. The molecule has 1 N–H and O–H groups in total. The SMILES string of the molecule is CC(C)OCCN(C)C(C)CCCNC(C)(C)C. The molecule has 0 heterocycles. The molecule has 0 aromatic rings. The van der Waals surface area contributed by atoms with Crippen LogP contribution >= 0.6 is 0 Å². The zero-order valence-corrected chi connectivity index (χ0v) is 13.5. The molecule has 18 heavy (non-hydrogen) atoms. The minimum atomic E-state index is 0.236. The zero-order valence-electron chi connectivity index (χ0n) is 13.5. The maximum atomic E-state index is 5.58. The van der Waals surface area contributed by atoms with Crippen LogP contribution in [-0.4, -0.2) is 49.3 Å². The van der Waals surface area contributed by atoms with Crippen molar-refractivity contribution in [3.05, 3.63) is 0 Å². The van der Waals surface area contributed by atoms with E-state index in [4.69, 9.17) is 4.74 Å². The van der Waals surface area contributed by atoms with E-state index in [0.29, 0.717) is 12.1 Å². The van der Waals surface area contributed by atoms with E-state index in [2.05, 4.69) is 58.8 Å². The number of likely N-dealkylation sites (N-methyl/N-ethyl adjacent to an activating group) is 1. The zero-order chi connectivity index (χ0) is 14.2. The van der Waals surface area contributed by atoms with E-state index in [0.717, 1.165) is 19.7 Å². The van der Waals surface area contributed by atoms with Crippen LogP contribution in [0.2, 0.25) is 0 Å². The number of hydrogen-bond acceptors (Lipinski definition) is 3. The quantitative estimate of drug-likeness (QED) is 0.644. The van der Waals surface area contributed by atoms with E-state index >= 15 is 0 Å². The van der Waals surface area contributed by atoms with Gasteiger partial charge in [0.2, 0.25) is 0 Å². The third-order valence-electron chi connectivity index (χ3n) is 3.10. The van der Waals surface area contributed by atoms with Crippen LogP contribution in [-0.2, 0) is 4.74 Å². The number of ether oxygens (including phenoxy) is 1. The largest absolute Gasteiger partial charge is 0.377 e. The van der Waals surface area contributed by atoms with Crippen molar-refractivity contribution in [2.24, 2.45) is 0 Å². The van der Waals surface area contributed by atoms with Gasteiger partial charge in [0.25, 0.3) is 0 Å². The number of nitrogens with zero attached hydrogens (tertiary/aromatic N) is 1. The van der Waals surface area contributed by atoms with Gasteiger partial charge in [0, 0.05) is 18.1 Å². The van der Waals surface area contributed by atoms with E-state index in [1.807, 2.05) is 0 Å². The highest BCUT2D eigenvalue weighted by Crippen LogP contribution is 2.05. The van der Waals surface area contributed by atoms with Gasteiger partial charge in [-0.15, -0.1) is 0 Å². The molecule has 0 bridgehead atoms. The Balaban J connectivity index is 3.58.